The number of nitrogens with zero attached hydrogens (tertiary/aromatic N) is 2. The van der Waals surface area contributed by atoms with Gasteiger partial charge in [-0.25, -0.2) is 0 Å². The Morgan fingerprint density at radius 3 is 2.07 bits per heavy atom. The molecule has 0 spiro atoms. The molecule has 27 heavy (non-hydrogen) atoms. The molecule has 7 heteroatoms. The molecule has 0 fully saturated rings. The third-order valence-electron chi connectivity index (χ3n) is 4.42. The standard InChI is InChI=1S/C20H19N3O3S/c1-13-12-19(14(2)22(13)3)20(24)21-15-4-8-17(9-5-15)27-18-10-6-16(7-11-18)23(25)26/h4-12H,1-3H3,(H,21,24). The first-order valence-corrected chi connectivity index (χ1v) is 9.13. The average molecular weight is 381 g/mol. The summed E-state index contributed by atoms with van der Waals surface area (Å²) in [5.41, 5.74) is 3.42. The van der Waals surface area contributed by atoms with Gasteiger partial charge in [-0.2, -0.15) is 0 Å². The molecule has 0 bridgehead atoms. The van der Waals surface area contributed by atoms with Crippen LogP contribution in [0.3, 0.4) is 0 Å². The third kappa shape index (κ3) is 4.20. The molecule has 1 aromatic heterocycles. The number of nitro benzene ring substituents is 1. The number of amides is 1. The quantitative estimate of drug-likeness (QED) is 0.501. The van der Waals surface area contributed by atoms with E-state index >= 15 is 0 Å². The van der Waals surface area contributed by atoms with Crippen molar-refractivity contribution in [3.8, 4) is 0 Å². The number of benzene rings is 2. The van der Waals surface area contributed by atoms with E-state index in [1.165, 1.54) is 23.9 Å². The molecule has 1 heterocycles. The van der Waals surface area contributed by atoms with Crippen LogP contribution in [0.2, 0.25) is 0 Å². The summed E-state index contributed by atoms with van der Waals surface area (Å²) in [7, 11) is 1.94. The molecular weight excluding hydrogens is 362 g/mol. The second-order valence-corrected chi connectivity index (χ2v) is 7.32. The Morgan fingerprint density at radius 2 is 1.59 bits per heavy atom. The van der Waals surface area contributed by atoms with E-state index in [0.29, 0.717) is 11.3 Å². The highest BCUT2D eigenvalue weighted by Crippen LogP contribution is 2.30. The number of nitrogens with one attached hydrogen (secondary N) is 1. The highest BCUT2D eigenvalue weighted by atomic mass is 32.2. The number of hydrogen-bond donors (Lipinski definition) is 1. The molecule has 0 saturated heterocycles. The van der Waals surface area contributed by atoms with Crippen LogP contribution in [0.15, 0.2) is 64.4 Å². The number of anilines is 1. The lowest BCUT2D eigenvalue weighted by Crippen LogP contribution is -2.12. The summed E-state index contributed by atoms with van der Waals surface area (Å²) in [6, 6.07) is 15.8. The first-order valence-electron chi connectivity index (χ1n) is 8.32. The largest absolute Gasteiger partial charge is 0.351 e. The zero-order valence-electron chi connectivity index (χ0n) is 15.2. The molecule has 0 radical (unpaired) electrons. The van der Waals surface area contributed by atoms with Crippen LogP contribution in [0.4, 0.5) is 11.4 Å². The number of carbonyl (C=O) groups is 1. The smallest absolute Gasteiger partial charge is 0.269 e. The maximum Gasteiger partial charge on any atom is 0.269 e. The highest BCUT2D eigenvalue weighted by molar-refractivity contribution is 7.99. The summed E-state index contributed by atoms with van der Waals surface area (Å²) in [6.07, 6.45) is 0. The lowest BCUT2D eigenvalue weighted by atomic mass is 10.2. The normalized spacial score (nSPS) is 10.6. The number of rotatable bonds is 5. The van der Waals surface area contributed by atoms with Crippen LogP contribution in [-0.4, -0.2) is 15.4 Å². The maximum atomic E-state index is 12.5. The second kappa shape index (κ2) is 7.67. The van der Waals surface area contributed by atoms with Crippen molar-refractivity contribution in [2.75, 3.05) is 5.32 Å². The van der Waals surface area contributed by atoms with Gasteiger partial charge in [0.05, 0.1) is 10.5 Å². The molecule has 0 atom stereocenters. The van der Waals surface area contributed by atoms with Gasteiger partial charge in [0.25, 0.3) is 11.6 Å². The molecule has 0 aliphatic rings. The number of non-ortho nitro benzene ring substituents is 1. The minimum atomic E-state index is -0.415. The zero-order chi connectivity index (χ0) is 19.6. The van der Waals surface area contributed by atoms with E-state index in [-0.39, 0.29) is 11.6 Å². The Bertz CT molecular complexity index is 993. The average Bonchev–Trinajstić information content (AvgIpc) is 2.91. The van der Waals surface area contributed by atoms with Gasteiger partial charge in [-0.15, -0.1) is 0 Å². The minimum absolute atomic E-state index is 0.0730. The van der Waals surface area contributed by atoms with Crippen molar-refractivity contribution >= 4 is 29.0 Å². The molecule has 138 valence electrons. The number of hydrogen-bond acceptors (Lipinski definition) is 4. The summed E-state index contributed by atoms with van der Waals surface area (Å²) >= 11 is 1.50. The molecule has 1 amide bonds. The predicted molar refractivity (Wildman–Crippen MR) is 107 cm³/mol. The molecule has 2 aromatic carbocycles. The van der Waals surface area contributed by atoms with Crippen LogP contribution < -0.4 is 5.32 Å². The van der Waals surface area contributed by atoms with E-state index in [1.807, 2.05) is 55.8 Å². The van der Waals surface area contributed by atoms with Crippen LogP contribution in [0.5, 0.6) is 0 Å². The lowest BCUT2D eigenvalue weighted by Gasteiger charge is -2.07. The third-order valence-corrected chi connectivity index (χ3v) is 5.43. The van der Waals surface area contributed by atoms with Gasteiger partial charge in [0, 0.05) is 46.0 Å². The molecule has 0 aliphatic carbocycles. The van der Waals surface area contributed by atoms with Gasteiger partial charge in [-0.1, -0.05) is 11.8 Å². The van der Waals surface area contributed by atoms with Gasteiger partial charge in [0.1, 0.15) is 0 Å². The summed E-state index contributed by atoms with van der Waals surface area (Å²) in [5, 5.41) is 13.6. The van der Waals surface area contributed by atoms with Crippen LogP contribution in [-0.2, 0) is 7.05 Å². The van der Waals surface area contributed by atoms with Gasteiger partial charge in [-0.3, -0.25) is 14.9 Å². The van der Waals surface area contributed by atoms with Gasteiger partial charge in [-0.05, 0) is 56.3 Å². The number of carbonyl (C=O) groups excluding carboxylic acids is 1. The van der Waals surface area contributed by atoms with Crippen LogP contribution in [0, 0.1) is 24.0 Å². The van der Waals surface area contributed by atoms with E-state index in [2.05, 4.69) is 5.32 Å². The Kier molecular flexibility index (Phi) is 5.32. The SMILES string of the molecule is Cc1cc(C(=O)Nc2ccc(Sc3ccc([N+](=O)[O-])cc3)cc2)c(C)n1C. The molecular formula is C20H19N3O3S. The number of nitro groups is 1. The summed E-state index contributed by atoms with van der Waals surface area (Å²) in [4.78, 5) is 24.7. The highest BCUT2D eigenvalue weighted by Gasteiger charge is 2.14. The van der Waals surface area contributed by atoms with E-state index in [9.17, 15) is 14.9 Å². The number of aryl methyl sites for hydroxylation is 1. The fraction of sp³-hybridized carbons (Fsp3) is 0.150. The molecule has 0 aliphatic heterocycles. The van der Waals surface area contributed by atoms with Crippen molar-refractivity contribution < 1.29 is 9.72 Å². The van der Waals surface area contributed by atoms with Crippen molar-refractivity contribution in [2.45, 2.75) is 23.6 Å². The zero-order valence-corrected chi connectivity index (χ0v) is 16.0. The Labute approximate surface area is 161 Å². The van der Waals surface area contributed by atoms with Crippen molar-refractivity contribution in [2.24, 2.45) is 7.05 Å². The fourth-order valence-electron chi connectivity index (χ4n) is 2.66. The molecule has 3 rings (SSSR count). The van der Waals surface area contributed by atoms with Crippen LogP contribution in [0.1, 0.15) is 21.7 Å². The molecule has 0 unspecified atom stereocenters. The summed E-state index contributed by atoms with van der Waals surface area (Å²) in [5.74, 6) is -0.132. The summed E-state index contributed by atoms with van der Waals surface area (Å²) in [6.45, 7) is 3.89. The van der Waals surface area contributed by atoms with E-state index in [1.54, 1.807) is 12.1 Å². The van der Waals surface area contributed by atoms with E-state index in [4.69, 9.17) is 0 Å². The lowest BCUT2D eigenvalue weighted by molar-refractivity contribution is -0.384. The van der Waals surface area contributed by atoms with Gasteiger partial charge in [0.2, 0.25) is 0 Å². The predicted octanol–water partition coefficient (Wildman–Crippen LogP) is 4.95. The monoisotopic (exact) mass is 381 g/mol. The van der Waals surface area contributed by atoms with Crippen molar-refractivity contribution in [3.05, 3.63) is 81.7 Å². The first kappa shape index (κ1) is 18.7. The first-order chi connectivity index (χ1) is 12.8. The van der Waals surface area contributed by atoms with Crippen LogP contribution >= 0.6 is 11.8 Å². The maximum absolute atomic E-state index is 12.5. The Morgan fingerprint density at radius 1 is 1.04 bits per heavy atom. The Hall–Kier alpha value is -3.06. The fourth-order valence-corrected chi connectivity index (χ4v) is 3.48. The van der Waals surface area contributed by atoms with Gasteiger partial charge >= 0.3 is 0 Å². The van der Waals surface area contributed by atoms with Crippen molar-refractivity contribution in [1.82, 2.24) is 4.57 Å². The van der Waals surface area contributed by atoms with E-state index in [0.717, 1.165) is 21.2 Å². The molecule has 1 N–H and O–H groups in total. The Balaban J connectivity index is 1.67. The van der Waals surface area contributed by atoms with Crippen molar-refractivity contribution in [3.63, 3.8) is 0 Å². The van der Waals surface area contributed by atoms with E-state index < -0.39 is 4.92 Å². The van der Waals surface area contributed by atoms with Crippen molar-refractivity contribution in [1.29, 1.82) is 0 Å². The molecule has 6 nitrogen and oxygen atoms in total. The minimum Gasteiger partial charge on any atom is -0.351 e. The summed E-state index contributed by atoms with van der Waals surface area (Å²) < 4.78 is 1.98. The molecule has 3 aromatic rings. The molecule has 0 saturated carbocycles. The van der Waals surface area contributed by atoms with Gasteiger partial charge < -0.3 is 9.88 Å². The van der Waals surface area contributed by atoms with Crippen LogP contribution in [0.25, 0.3) is 0 Å². The second-order valence-electron chi connectivity index (χ2n) is 6.18. The number of aromatic nitrogens is 1. The topological polar surface area (TPSA) is 77.2 Å². The van der Waals surface area contributed by atoms with Gasteiger partial charge in [0.15, 0.2) is 0 Å².